The molecule has 2 aromatic rings. The van der Waals surface area contributed by atoms with Crippen LogP contribution in [0, 0.1) is 0 Å². The molecule has 1 saturated heterocycles. The van der Waals surface area contributed by atoms with E-state index in [0.717, 1.165) is 31.6 Å². The van der Waals surface area contributed by atoms with Crippen molar-refractivity contribution >= 4 is 23.7 Å². The SMILES string of the molecule is COC(=O)C1=C(C)NC(C)=C(C(=O)OC)C1c1cccc(NC(=O)NCCCN2CCC(O)(c3ccccc3)CC2)c1. The summed E-state index contributed by atoms with van der Waals surface area (Å²) in [7, 11) is 2.58. The van der Waals surface area contributed by atoms with Gasteiger partial charge in [-0.25, -0.2) is 14.4 Å². The number of rotatable bonds is 9. The highest BCUT2D eigenvalue weighted by molar-refractivity contribution is 6.00. The standard InChI is InChI=1S/C32H40N4O6/c1-21-26(29(37)41-3)28(27(22(2)34-21)30(38)42-4)23-10-8-13-25(20-23)35-31(39)33-16-9-17-36-18-14-32(40,15-19-36)24-11-6-5-7-12-24/h5-8,10-13,20,28,34,40H,9,14-19H2,1-4H3,(H2,33,35,39). The molecule has 2 aliphatic rings. The molecule has 4 rings (SSSR count). The van der Waals surface area contributed by atoms with E-state index < -0.39 is 23.5 Å². The van der Waals surface area contributed by atoms with Crippen LogP contribution in [-0.2, 0) is 24.7 Å². The summed E-state index contributed by atoms with van der Waals surface area (Å²) in [4.78, 5) is 40.5. The number of ether oxygens (including phenoxy) is 2. The van der Waals surface area contributed by atoms with E-state index in [1.807, 2.05) is 30.3 Å². The zero-order valence-corrected chi connectivity index (χ0v) is 24.7. The summed E-state index contributed by atoms with van der Waals surface area (Å²) in [5.41, 5.74) is 3.08. The fourth-order valence-electron chi connectivity index (χ4n) is 5.75. The van der Waals surface area contributed by atoms with Crippen molar-refractivity contribution in [2.75, 3.05) is 45.7 Å². The van der Waals surface area contributed by atoms with Gasteiger partial charge < -0.3 is 35.4 Å². The van der Waals surface area contributed by atoms with Crippen molar-refractivity contribution in [3.05, 3.63) is 88.3 Å². The van der Waals surface area contributed by atoms with Gasteiger partial charge in [0, 0.05) is 36.7 Å². The second kappa shape index (κ2) is 13.7. The third kappa shape index (κ3) is 7.00. The van der Waals surface area contributed by atoms with Crippen molar-refractivity contribution in [3.63, 3.8) is 0 Å². The van der Waals surface area contributed by atoms with Gasteiger partial charge in [0.15, 0.2) is 0 Å². The van der Waals surface area contributed by atoms with Crippen molar-refractivity contribution in [1.29, 1.82) is 0 Å². The highest BCUT2D eigenvalue weighted by atomic mass is 16.5. The lowest BCUT2D eigenvalue weighted by Crippen LogP contribution is -2.43. The molecule has 2 aliphatic heterocycles. The van der Waals surface area contributed by atoms with Crippen molar-refractivity contribution in [3.8, 4) is 0 Å². The number of carbonyl (C=O) groups is 3. The second-order valence-electron chi connectivity index (χ2n) is 10.7. The maximum atomic E-state index is 12.8. The van der Waals surface area contributed by atoms with Crippen LogP contribution < -0.4 is 16.0 Å². The van der Waals surface area contributed by atoms with Gasteiger partial charge in [0.1, 0.15) is 0 Å². The van der Waals surface area contributed by atoms with E-state index in [1.165, 1.54) is 14.2 Å². The fourth-order valence-corrected chi connectivity index (χ4v) is 5.75. The number of nitrogens with one attached hydrogen (secondary N) is 3. The zero-order valence-electron chi connectivity index (χ0n) is 24.7. The molecule has 0 aliphatic carbocycles. The Hall–Kier alpha value is -4.15. The number of nitrogens with zero attached hydrogens (tertiary/aromatic N) is 1. The molecule has 42 heavy (non-hydrogen) atoms. The topological polar surface area (TPSA) is 129 Å². The van der Waals surface area contributed by atoms with Crippen LogP contribution in [0.1, 0.15) is 50.2 Å². The summed E-state index contributed by atoms with van der Waals surface area (Å²) in [6.07, 6.45) is 2.12. The van der Waals surface area contributed by atoms with Gasteiger partial charge in [0.25, 0.3) is 0 Å². The Morgan fingerprint density at radius 1 is 0.952 bits per heavy atom. The number of dihydropyridines is 1. The monoisotopic (exact) mass is 576 g/mol. The molecule has 0 radical (unpaired) electrons. The molecule has 10 heteroatoms. The zero-order chi connectivity index (χ0) is 30.3. The van der Waals surface area contributed by atoms with Crippen LogP contribution in [0.25, 0.3) is 0 Å². The first-order valence-corrected chi connectivity index (χ1v) is 14.2. The first kappa shape index (κ1) is 30.8. The van der Waals surface area contributed by atoms with E-state index >= 15 is 0 Å². The molecule has 0 aromatic heterocycles. The molecule has 2 aromatic carbocycles. The first-order valence-electron chi connectivity index (χ1n) is 14.2. The van der Waals surface area contributed by atoms with E-state index in [4.69, 9.17) is 9.47 Å². The summed E-state index contributed by atoms with van der Waals surface area (Å²) < 4.78 is 10.1. The lowest BCUT2D eigenvalue weighted by Gasteiger charge is -2.38. The van der Waals surface area contributed by atoms with Crippen LogP contribution in [0.3, 0.4) is 0 Å². The molecule has 0 spiro atoms. The van der Waals surface area contributed by atoms with Crippen LogP contribution >= 0.6 is 0 Å². The number of likely N-dealkylation sites (tertiary alicyclic amines) is 1. The van der Waals surface area contributed by atoms with Crippen LogP contribution in [0.15, 0.2) is 77.1 Å². The van der Waals surface area contributed by atoms with Gasteiger partial charge in [-0.2, -0.15) is 0 Å². The molecular weight excluding hydrogens is 536 g/mol. The van der Waals surface area contributed by atoms with Gasteiger partial charge in [-0.15, -0.1) is 0 Å². The Balaban J connectivity index is 1.33. The summed E-state index contributed by atoms with van der Waals surface area (Å²) in [5, 5.41) is 19.9. The fraction of sp³-hybridized carbons (Fsp3) is 0.406. The Morgan fingerprint density at radius 2 is 1.57 bits per heavy atom. The molecule has 1 fully saturated rings. The summed E-state index contributed by atoms with van der Waals surface area (Å²) in [6.45, 7) is 6.40. The largest absolute Gasteiger partial charge is 0.466 e. The van der Waals surface area contributed by atoms with Crippen molar-refractivity contribution in [2.45, 2.75) is 44.6 Å². The van der Waals surface area contributed by atoms with Gasteiger partial charge in [-0.1, -0.05) is 42.5 Å². The molecule has 2 heterocycles. The number of hydrogen-bond acceptors (Lipinski definition) is 8. The third-order valence-corrected chi connectivity index (χ3v) is 7.98. The number of hydrogen-bond donors (Lipinski definition) is 4. The van der Waals surface area contributed by atoms with Crippen LogP contribution in [-0.4, -0.2) is 68.4 Å². The second-order valence-corrected chi connectivity index (χ2v) is 10.7. The molecule has 0 saturated carbocycles. The Kier molecular flexibility index (Phi) is 10.0. The minimum absolute atomic E-state index is 0.296. The van der Waals surface area contributed by atoms with Crippen LogP contribution in [0.4, 0.5) is 10.5 Å². The number of anilines is 1. The average molecular weight is 577 g/mol. The third-order valence-electron chi connectivity index (χ3n) is 7.98. The van der Waals surface area contributed by atoms with E-state index in [2.05, 4.69) is 20.9 Å². The maximum absolute atomic E-state index is 12.8. The minimum atomic E-state index is -0.781. The minimum Gasteiger partial charge on any atom is -0.466 e. The first-order chi connectivity index (χ1) is 20.2. The number of benzene rings is 2. The molecule has 0 unspecified atom stereocenters. The van der Waals surface area contributed by atoms with Crippen LogP contribution in [0.5, 0.6) is 0 Å². The van der Waals surface area contributed by atoms with Crippen LogP contribution in [0.2, 0.25) is 0 Å². The predicted octanol–water partition coefficient (Wildman–Crippen LogP) is 3.76. The van der Waals surface area contributed by atoms with E-state index in [0.29, 0.717) is 53.2 Å². The van der Waals surface area contributed by atoms with Gasteiger partial charge in [0.2, 0.25) is 0 Å². The number of amides is 2. The maximum Gasteiger partial charge on any atom is 0.336 e. The summed E-state index contributed by atoms with van der Waals surface area (Å²) in [6, 6.07) is 16.5. The molecule has 0 atom stereocenters. The van der Waals surface area contributed by atoms with Gasteiger partial charge in [0.05, 0.1) is 36.9 Å². The quantitative estimate of drug-likeness (QED) is 0.262. The molecule has 224 valence electrons. The van der Waals surface area contributed by atoms with E-state index in [1.54, 1.807) is 38.1 Å². The lowest BCUT2D eigenvalue weighted by atomic mass is 9.80. The normalized spacial score (nSPS) is 17.4. The number of aliphatic hydroxyl groups is 1. The summed E-state index contributed by atoms with van der Waals surface area (Å²) in [5.74, 6) is -1.86. The average Bonchev–Trinajstić information content (AvgIpc) is 2.99. The number of piperidine rings is 1. The molecule has 10 nitrogen and oxygen atoms in total. The van der Waals surface area contributed by atoms with Gasteiger partial charge in [-0.3, -0.25) is 0 Å². The molecule has 4 N–H and O–H groups in total. The number of urea groups is 1. The predicted molar refractivity (Wildman–Crippen MR) is 159 cm³/mol. The highest BCUT2D eigenvalue weighted by Crippen LogP contribution is 2.40. The summed E-state index contributed by atoms with van der Waals surface area (Å²) >= 11 is 0. The Bertz CT molecular complexity index is 1320. The van der Waals surface area contributed by atoms with Gasteiger partial charge >= 0.3 is 18.0 Å². The number of carbonyl (C=O) groups excluding carboxylic acids is 3. The number of esters is 2. The molecule has 2 amide bonds. The van der Waals surface area contributed by atoms with Crippen molar-refractivity contribution in [2.24, 2.45) is 0 Å². The smallest absolute Gasteiger partial charge is 0.336 e. The molecular formula is C32H40N4O6. The number of methoxy groups -OCH3 is 2. The van der Waals surface area contributed by atoms with Crippen molar-refractivity contribution < 1.29 is 29.0 Å². The van der Waals surface area contributed by atoms with Crippen molar-refractivity contribution in [1.82, 2.24) is 15.5 Å². The van der Waals surface area contributed by atoms with E-state index in [9.17, 15) is 19.5 Å². The Morgan fingerprint density at radius 3 is 2.17 bits per heavy atom. The van der Waals surface area contributed by atoms with E-state index in [-0.39, 0.29) is 6.03 Å². The Labute approximate surface area is 246 Å². The lowest BCUT2D eigenvalue weighted by molar-refractivity contribution is -0.137. The highest BCUT2D eigenvalue weighted by Gasteiger charge is 2.38. The number of allylic oxidation sites excluding steroid dienone is 2. The molecule has 0 bridgehead atoms. The van der Waals surface area contributed by atoms with Gasteiger partial charge in [-0.05, 0) is 62.9 Å².